The van der Waals surface area contributed by atoms with E-state index in [9.17, 15) is 19.2 Å². The van der Waals surface area contributed by atoms with Gasteiger partial charge in [0, 0.05) is 10.7 Å². The quantitative estimate of drug-likeness (QED) is 0.487. The van der Waals surface area contributed by atoms with Crippen LogP contribution in [-0.4, -0.2) is 52.8 Å². The van der Waals surface area contributed by atoms with Gasteiger partial charge in [-0.15, -0.1) is 0 Å². The normalized spacial score (nSPS) is 14.4. The van der Waals surface area contributed by atoms with Crippen LogP contribution in [0.1, 0.15) is 18.1 Å². The van der Waals surface area contributed by atoms with Crippen molar-refractivity contribution < 1.29 is 33.8 Å². The number of rotatable bonds is 9. The largest absolute Gasteiger partial charge is 0.490 e. The van der Waals surface area contributed by atoms with Crippen LogP contribution in [0.2, 0.25) is 5.02 Å². The van der Waals surface area contributed by atoms with Gasteiger partial charge in [0.05, 0.1) is 11.5 Å². The molecule has 0 radical (unpaired) electrons. The van der Waals surface area contributed by atoms with Gasteiger partial charge in [0.25, 0.3) is 11.1 Å². The van der Waals surface area contributed by atoms with Gasteiger partial charge in [0.2, 0.25) is 5.91 Å². The number of imide groups is 1. The molecule has 2 aromatic carbocycles. The fraction of sp³-hybridized carbons (Fsp3) is 0.217. The number of carboxylic acids is 1. The summed E-state index contributed by atoms with van der Waals surface area (Å²) in [5.74, 6) is -1.73. The number of halogens is 1. The molecule has 3 amide bonds. The maximum Gasteiger partial charge on any atom is 0.341 e. The number of hydrogen-bond acceptors (Lipinski definition) is 7. The summed E-state index contributed by atoms with van der Waals surface area (Å²) in [4.78, 5) is 49.3. The number of aryl methyl sites for hydroxylation is 1. The Bertz CT molecular complexity index is 1180. The third kappa shape index (κ3) is 6.30. The van der Waals surface area contributed by atoms with E-state index < -0.39 is 36.2 Å². The smallest absolute Gasteiger partial charge is 0.341 e. The standard InChI is InChI=1S/C23H21ClN2O7S/c1-3-32-18-8-14(5-7-17(18)33-12-21(28)29)9-19-22(30)26(23(31)34-19)11-20(27)25-15-6-4-13(2)16(24)10-15/h4-10H,3,11-12H2,1-2H3,(H,25,27)(H,28,29)/b19-9+. The van der Waals surface area contributed by atoms with Crippen molar-refractivity contribution in [2.75, 3.05) is 25.1 Å². The van der Waals surface area contributed by atoms with Crippen molar-refractivity contribution in [3.63, 3.8) is 0 Å². The molecule has 11 heteroatoms. The number of aliphatic carboxylic acids is 1. The van der Waals surface area contributed by atoms with Crippen molar-refractivity contribution in [3.8, 4) is 11.5 Å². The minimum absolute atomic E-state index is 0.137. The highest BCUT2D eigenvalue weighted by Crippen LogP contribution is 2.34. The van der Waals surface area contributed by atoms with E-state index in [0.717, 1.165) is 10.5 Å². The second-order valence-electron chi connectivity index (χ2n) is 7.10. The summed E-state index contributed by atoms with van der Waals surface area (Å²) in [6.07, 6.45) is 1.49. The van der Waals surface area contributed by atoms with Gasteiger partial charge in [0.1, 0.15) is 6.54 Å². The summed E-state index contributed by atoms with van der Waals surface area (Å²) >= 11 is 6.77. The summed E-state index contributed by atoms with van der Waals surface area (Å²) in [5, 5.41) is 11.3. The Morgan fingerprint density at radius 3 is 2.59 bits per heavy atom. The lowest BCUT2D eigenvalue weighted by atomic mass is 10.2. The molecule has 1 heterocycles. The van der Waals surface area contributed by atoms with E-state index in [0.29, 0.717) is 40.4 Å². The van der Waals surface area contributed by atoms with Crippen LogP contribution in [0.25, 0.3) is 6.08 Å². The molecule has 2 N–H and O–H groups in total. The number of thioether (sulfide) groups is 1. The molecule has 0 atom stereocenters. The van der Waals surface area contributed by atoms with Crippen LogP contribution in [0, 0.1) is 6.92 Å². The summed E-state index contributed by atoms with van der Waals surface area (Å²) < 4.78 is 10.7. The fourth-order valence-corrected chi connectivity index (χ4v) is 3.96. The molecule has 0 unspecified atom stereocenters. The van der Waals surface area contributed by atoms with E-state index in [2.05, 4.69) is 5.32 Å². The van der Waals surface area contributed by atoms with Gasteiger partial charge in [-0.1, -0.05) is 23.7 Å². The number of nitrogens with zero attached hydrogens (tertiary/aromatic N) is 1. The van der Waals surface area contributed by atoms with Crippen LogP contribution in [0.4, 0.5) is 10.5 Å². The molecule has 0 spiro atoms. The highest BCUT2D eigenvalue weighted by atomic mass is 35.5. The molecule has 1 fully saturated rings. The van der Waals surface area contributed by atoms with Gasteiger partial charge < -0.3 is 19.9 Å². The first kappa shape index (κ1) is 25.1. The Hall–Kier alpha value is -3.50. The number of hydrogen-bond donors (Lipinski definition) is 2. The van der Waals surface area contributed by atoms with Crippen LogP contribution in [-0.2, 0) is 14.4 Å². The van der Waals surface area contributed by atoms with Crippen molar-refractivity contribution in [2.45, 2.75) is 13.8 Å². The molecule has 0 bridgehead atoms. The van der Waals surface area contributed by atoms with E-state index in [-0.39, 0.29) is 10.7 Å². The fourth-order valence-electron chi connectivity index (χ4n) is 2.94. The van der Waals surface area contributed by atoms with Gasteiger partial charge >= 0.3 is 5.97 Å². The molecule has 0 aromatic heterocycles. The molecule has 1 aliphatic heterocycles. The Morgan fingerprint density at radius 2 is 1.91 bits per heavy atom. The Kier molecular flexibility index (Phi) is 8.19. The Labute approximate surface area is 204 Å². The van der Waals surface area contributed by atoms with E-state index in [1.807, 2.05) is 6.92 Å². The molecule has 2 aromatic rings. The maximum atomic E-state index is 12.8. The summed E-state index contributed by atoms with van der Waals surface area (Å²) in [6.45, 7) is 2.92. The van der Waals surface area contributed by atoms with Crippen molar-refractivity contribution in [1.82, 2.24) is 4.90 Å². The summed E-state index contributed by atoms with van der Waals surface area (Å²) in [5.41, 5.74) is 1.84. The van der Waals surface area contributed by atoms with Crippen molar-refractivity contribution in [2.24, 2.45) is 0 Å². The van der Waals surface area contributed by atoms with Gasteiger partial charge in [-0.25, -0.2) is 4.79 Å². The third-order valence-electron chi connectivity index (χ3n) is 4.55. The molecule has 178 valence electrons. The van der Waals surface area contributed by atoms with Gasteiger partial charge in [-0.2, -0.15) is 0 Å². The molecule has 34 heavy (non-hydrogen) atoms. The van der Waals surface area contributed by atoms with Gasteiger partial charge in [0.15, 0.2) is 18.1 Å². The minimum Gasteiger partial charge on any atom is -0.490 e. The van der Waals surface area contributed by atoms with E-state index in [1.54, 1.807) is 37.3 Å². The maximum absolute atomic E-state index is 12.8. The van der Waals surface area contributed by atoms with E-state index >= 15 is 0 Å². The SMILES string of the molecule is CCOc1cc(/C=C2/SC(=O)N(CC(=O)Nc3ccc(C)c(Cl)c3)C2=O)ccc1OCC(=O)O. The average Bonchev–Trinajstić information content (AvgIpc) is 3.03. The number of ether oxygens (including phenoxy) is 2. The molecule has 1 saturated heterocycles. The number of amides is 3. The van der Waals surface area contributed by atoms with Crippen LogP contribution in [0.3, 0.4) is 0 Å². The Balaban J connectivity index is 1.72. The van der Waals surface area contributed by atoms with Crippen molar-refractivity contribution in [3.05, 3.63) is 57.5 Å². The molecule has 1 aliphatic rings. The number of benzene rings is 2. The predicted octanol–water partition coefficient (Wildman–Crippen LogP) is 4.19. The monoisotopic (exact) mass is 504 g/mol. The first-order chi connectivity index (χ1) is 16.2. The molecule has 0 aliphatic carbocycles. The number of carboxylic acid groups (broad SMARTS) is 1. The number of carbonyl (C=O) groups is 4. The zero-order chi connectivity index (χ0) is 24.8. The lowest BCUT2D eigenvalue weighted by molar-refractivity contribution is -0.139. The second-order valence-corrected chi connectivity index (χ2v) is 8.50. The first-order valence-corrected chi connectivity index (χ1v) is 11.3. The van der Waals surface area contributed by atoms with Crippen LogP contribution >= 0.6 is 23.4 Å². The van der Waals surface area contributed by atoms with Crippen LogP contribution in [0.5, 0.6) is 11.5 Å². The number of nitrogens with one attached hydrogen (secondary N) is 1. The summed E-state index contributed by atoms with van der Waals surface area (Å²) in [6, 6.07) is 9.69. The van der Waals surface area contributed by atoms with E-state index in [1.165, 1.54) is 12.1 Å². The molecular weight excluding hydrogens is 484 g/mol. The molecule has 9 nitrogen and oxygen atoms in total. The number of carbonyl (C=O) groups excluding carboxylic acids is 3. The summed E-state index contributed by atoms with van der Waals surface area (Å²) in [7, 11) is 0. The zero-order valence-electron chi connectivity index (χ0n) is 18.3. The molecule has 0 saturated carbocycles. The van der Waals surface area contributed by atoms with Gasteiger partial charge in [-0.3, -0.25) is 19.3 Å². The van der Waals surface area contributed by atoms with Crippen molar-refractivity contribution in [1.29, 1.82) is 0 Å². The lowest BCUT2D eigenvalue weighted by Gasteiger charge is -2.13. The minimum atomic E-state index is -1.13. The Morgan fingerprint density at radius 1 is 1.15 bits per heavy atom. The van der Waals surface area contributed by atoms with Gasteiger partial charge in [-0.05, 0) is 67.1 Å². The van der Waals surface area contributed by atoms with E-state index in [4.69, 9.17) is 26.2 Å². The first-order valence-electron chi connectivity index (χ1n) is 10.1. The highest BCUT2D eigenvalue weighted by molar-refractivity contribution is 8.18. The second kappa shape index (κ2) is 11.1. The number of anilines is 1. The molecule has 3 rings (SSSR count). The lowest BCUT2D eigenvalue weighted by Crippen LogP contribution is -2.36. The zero-order valence-corrected chi connectivity index (χ0v) is 19.9. The average molecular weight is 505 g/mol. The predicted molar refractivity (Wildman–Crippen MR) is 128 cm³/mol. The topological polar surface area (TPSA) is 122 Å². The molecular formula is C23H21ClN2O7S. The van der Waals surface area contributed by atoms with Crippen LogP contribution in [0.15, 0.2) is 41.3 Å². The van der Waals surface area contributed by atoms with Crippen molar-refractivity contribution >= 4 is 58.1 Å². The third-order valence-corrected chi connectivity index (χ3v) is 5.86. The highest BCUT2D eigenvalue weighted by Gasteiger charge is 2.36. The van der Waals surface area contributed by atoms with Crippen LogP contribution < -0.4 is 14.8 Å².